The fourth-order valence-corrected chi connectivity index (χ4v) is 2.39. The van der Waals surface area contributed by atoms with Gasteiger partial charge in [0, 0.05) is 0 Å². The van der Waals surface area contributed by atoms with Crippen LogP contribution < -0.4 is 0 Å². The summed E-state index contributed by atoms with van der Waals surface area (Å²) in [6.07, 6.45) is 4.78. The number of benzene rings is 1. The van der Waals surface area contributed by atoms with Crippen molar-refractivity contribution < 1.29 is 9.13 Å². The normalized spacial score (nSPS) is 23.6. The van der Waals surface area contributed by atoms with Gasteiger partial charge in [0.1, 0.15) is 5.82 Å². The molecular weight excluding hydrogens is 229 g/mol. The van der Waals surface area contributed by atoms with Gasteiger partial charge in [-0.2, -0.15) is 5.26 Å². The van der Waals surface area contributed by atoms with Crippen molar-refractivity contribution in [2.75, 3.05) is 0 Å². The van der Waals surface area contributed by atoms with Gasteiger partial charge in [0.15, 0.2) is 0 Å². The second kappa shape index (κ2) is 5.97. The van der Waals surface area contributed by atoms with Crippen molar-refractivity contribution in [3.8, 4) is 6.07 Å². The monoisotopic (exact) mass is 247 g/mol. The molecule has 0 aliphatic heterocycles. The summed E-state index contributed by atoms with van der Waals surface area (Å²) in [6, 6.07) is 6.28. The molecule has 0 N–H and O–H groups in total. The van der Waals surface area contributed by atoms with Crippen LogP contribution >= 0.6 is 0 Å². The first-order chi connectivity index (χ1) is 8.69. The van der Waals surface area contributed by atoms with Crippen LogP contribution in [0, 0.1) is 23.1 Å². The Morgan fingerprint density at radius 1 is 1.33 bits per heavy atom. The van der Waals surface area contributed by atoms with Crippen LogP contribution in [0.25, 0.3) is 0 Å². The van der Waals surface area contributed by atoms with Crippen molar-refractivity contribution in [2.24, 2.45) is 5.92 Å². The molecule has 0 unspecified atom stereocenters. The molecule has 0 aromatic heterocycles. The Bertz CT molecular complexity index is 444. The predicted octanol–water partition coefficient (Wildman–Crippen LogP) is 3.79. The third-order valence-electron chi connectivity index (χ3n) is 3.63. The number of nitrogens with zero attached hydrogens (tertiary/aromatic N) is 1. The molecule has 18 heavy (non-hydrogen) atoms. The average Bonchev–Trinajstić information content (AvgIpc) is 2.38. The molecule has 0 spiro atoms. The van der Waals surface area contributed by atoms with Gasteiger partial charge >= 0.3 is 0 Å². The number of hydrogen-bond donors (Lipinski definition) is 0. The van der Waals surface area contributed by atoms with Crippen LogP contribution in [0.4, 0.5) is 4.39 Å². The molecular formula is C15H18FNO. The first-order valence-corrected chi connectivity index (χ1v) is 6.49. The predicted molar refractivity (Wildman–Crippen MR) is 67.3 cm³/mol. The Kier molecular flexibility index (Phi) is 4.33. The second-order valence-corrected chi connectivity index (χ2v) is 5.11. The van der Waals surface area contributed by atoms with E-state index in [1.54, 1.807) is 0 Å². The Balaban J connectivity index is 1.94. The maximum Gasteiger partial charge on any atom is 0.123 e. The fourth-order valence-electron chi connectivity index (χ4n) is 2.39. The van der Waals surface area contributed by atoms with Gasteiger partial charge < -0.3 is 4.74 Å². The number of hydrogen-bond acceptors (Lipinski definition) is 2. The molecule has 1 aliphatic carbocycles. The Morgan fingerprint density at radius 3 is 2.72 bits per heavy atom. The van der Waals surface area contributed by atoms with Gasteiger partial charge in [-0.3, -0.25) is 0 Å². The highest BCUT2D eigenvalue weighted by Crippen LogP contribution is 2.26. The van der Waals surface area contributed by atoms with Crippen molar-refractivity contribution >= 4 is 0 Å². The zero-order chi connectivity index (χ0) is 13.0. The SMILES string of the molecule is CC1CCC(OCc2cc(F)ccc2C#N)CC1. The lowest BCUT2D eigenvalue weighted by atomic mass is 9.89. The standard InChI is InChI=1S/C15H18FNO/c1-11-2-6-15(7-3-11)18-10-13-8-14(16)5-4-12(13)9-17/h4-5,8,11,15H,2-3,6-7,10H2,1H3. The molecule has 0 heterocycles. The van der Waals surface area contributed by atoms with E-state index >= 15 is 0 Å². The molecule has 2 rings (SSSR count). The minimum atomic E-state index is -0.315. The van der Waals surface area contributed by atoms with E-state index in [4.69, 9.17) is 10.00 Å². The van der Waals surface area contributed by atoms with Gasteiger partial charge in [-0.25, -0.2) is 4.39 Å². The van der Waals surface area contributed by atoms with Crippen molar-refractivity contribution in [2.45, 2.75) is 45.3 Å². The molecule has 1 aromatic carbocycles. The molecule has 3 heteroatoms. The summed E-state index contributed by atoms with van der Waals surface area (Å²) in [7, 11) is 0. The molecule has 96 valence electrons. The number of rotatable bonds is 3. The molecule has 0 saturated heterocycles. The van der Waals surface area contributed by atoms with Crippen LogP contribution in [0.3, 0.4) is 0 Å². The van der Waals surface area contributed by atoms with E-state index in [0.717, 1.165) is 18.8 Å². The quantitative estimate of drug-likeness (QED) is 0.814. The summed E-state index contributed by atoms with van der Waals surface area (Å²) in [6.45, 7) is 2.59. The lowest BCUT2D eigenvalue weighted by molar-refractivity contribution is 0.00859. The smallest absolute Gasteiger partial charge is 0.123 e. The van der Waals surface area contributed by atoms with E-state index in [1.165, 1.54) is 31.0 Å². The fraction of sp³-hybridized carbons (Fsp3) is 0.533. The minimum Gasteiger partial charge on any atom is -0.373 e. The molecule has 1 fully saturated rings. The van der Waals surface area contributed by atoms with Gasteiger partial charge in [0.2, 0.25) is 0 Å². The maximum absolute atomic E-state index is 13.1. The van der Waals surface area contributed by atoms with E-state index in [9.17, 15) is 4.39 Å². The minimum absolute atomic E-state index is 0.260. The van der Waals surface area contributed by atoms with E-state index in [-0.39, 0.29) is 11.9 Å². The van der Waals surface area contributed by atoms with Crippen LogP contribution in [0.15, 0.2) is 18.2 Å². The van der Waals surface area contributed by atoms with Crippen LogP contribution in [-0.4, -0.2) is 6.10 Å². The van der Waals surface area contributed by atoms with Crippen molar-refractivity contribution in [3.05, 3.63) is 35.1 Å². The average molecular weight is 247 g/mol. The Labute approximate surface area is 107 Å². The maximum atomic E-state index is 13.1. The second-order valence-electron chi connectivity index (χ2n) is 5.11. The van der Waals surface area contributed by atoms with Crippen LogP contribution in [0.5, 0.6) is 0 Å². The molecule has 0 bridgehead atoms. The topological polar surface area (TPSA) is 33.0 Å². The lowest BCUT2D eigenvalue weighted by Gasteiger charge is -2.26. The van der Waals surface area contributed by atoms with Crippen molar-refractivity contribution in [1.29, 1.82) is 5.26 Å². The van der Waals surface area contributed by atoms with Crippen molar-refractivity contribution in [1.82, 2.24) is 0 Å². The molecule has 1 aromatic rings. The number of nitriles is 1. The van der Waals surface area contributed by atoms with Crippen LogP contribution in [-0.2, 0) is 11.3 Å². The highest BCUT2D eigenvalue weighted by molar-refractivity contribution is 5.37. The first kappa shape index (κ1) is 13.0. The number of halogens is 1. The van der Waals surface area contributed by atoms with Gasteiger partial charge in [-0.05, 0) is 55.4 Å². The molecule has 2 nitrogen and oxygen atoms in total. The Morgan fingerprint density at radius 2 is 2.06 bits per heavy atom. The van der Waals surface area contributed by atoms with E-state index < -0.39 is 0 Å². The van der Waals surface area contributed by atoms with Gasteiger partial charge in [0.05, 0.1) is 24.3 Å². The van der Waals surface area contributed by atoms with Gasteiger partial charge in [0.25, 0.3) is 0 Å². The van der Waals surface area contributed by atoms with Crippen LogP contribution in [0.2, 0.25) is 0 Å². The van der Waals surface area contributed by atoms with E-state index in [2.05, 4.69) is 13.0 Å². The summed E-state index contributed by atoms with van der Waals surface area (Å²) in [4.78, 5) is 0. The highest BCUT2D eigenvalue weighted by atomic mass is 19.1. The highest BCUT2D eigenvalue weighted by Gasteiger charge is 2.19. The van der Waals surface area contributed by atoms with Gasteiger partial charge in [-0.1, -0.05) is 6.92 Å². The van der Waals surface area contributed by atoms with Crippen LogP contribution in [0.1, 0.15) is 43.7 Å². The van der Waals surface area contributed by atoms with E-state index in [1.807, 2.05) is 0 Å². The summed E-state index contributed by atoms with van der Waals surface area (Å²) in [5.41, 5.74) is 1.15. The van der Waals surface area contributed by atoms with Crippen molar-refractivity contribution in [3.63, 3.8) is 0 Å². The first-order valence-electron chi connectivity index (χ1n) is 6.49. The summed E-state index contributed by atoms with van der Waals surface area (Å²) < 4.78 is 18.9. The number of ether oxygens (including phenoxy) is 1. The molecule has 0 radical (unpaired) electrons. The molecule has 0 atom stereocenters. The zero-order valence-corrected chi connectivity index (χ0v) is 10.7. The summed E-state index contributed by atoms with van der Waals surface area (Å²) in [5.74, 6) is 0.471. The zero-order valence-electron chi connectivity index (χ0n) is 10.7. The third-order valence-corrected chi connectivity index (χ3v) is 3.63. The van der Waals surface area contributed by atoms with Gasteiger partial charge in [-0.15, -0.1) is 0 Å². The largest absolute Gasteiger partial charge is 0.373 e. The van der Waals surface area contributed by atoms with E-state index in [0.29, 0.717) is 17.7 Å². The molecule has 1 saturated carbocycles. The lowest BCUT2D eigenvalue weighted by Crippen LogP contribution is -2.20. The third kappa shape index (κ3) is 3.30. The summed E-state index contributed by atoms with van der Waals surface area (Å²) in [5, 5.41) is 8.95. The Hall–Kier alpha value is -1.40. The summed E-state index contributed by atoms with van der Waals surface area (Å²) >= 11 is 0. The molecule has 1 aliphatic rings. The molecule has 0 amide bonds.